The molecule has 24 heavy (non-hydrogen) atoms. The lowest BCUT2D eigenvalue weighted by molar-refractivity contribution is -0.115. The predicted octanol–water partition coefficient (Wildman–Crippen LogP) is 5.05. The van der Waals surface area contributed by atoms with Crippen LogP contribution in [-0.4, -0.2) is 11.9 Å². The summed E-state index contributed by atoms with van der Waals surface area (Å²) in [4.78, 5) is 16.3. The molecule has 0 radical (unpaired) electrons. The van der Waals surface area contributed by atoms with Gasteiger partial charge < -0.3 is 5.32 Å². The van der Waals surface area contributed by atoms with Crippen molar-refractivity contribution >= 4 is 70.0 Å². The Morgan fingerprint density at radius 1 is 0.917 bits per heavy atom. The minimum atomic E-state index is -0.352. The van der Waals surface area contributed by atoms with Crippen LogP contribution in [0.3, 0.4) is 0 Å². The van der Waals surface area contributed by atoms with Crippen molar-refractivity contribution in [2.75, 3.05) is 0 Å². The molecule has 8 heteroatoms. The van der Waals surface area contributed by atoms with Gasteiger partial charge in [0.25, 0.3) is 5.91 Å². The number of benzene rings is 2. The number of hydrogen-bond donors (Lipinski definition) is 2. The summed E-state index contributed by atoms with van der Waals surface area (Å²) in [6.45, 7) is 0. The number of carbonyl (C=O) groups is 1. The lowest BCUT2D eigenvalue weighted by Gasteiger charge is -2.03. The van der Waals surface area contributed by atoms with E-state index in [1.54, 1.807) is 42.5 Å². The average Bonchev–Trinajstić information content (AvgIpc) is 2.86. The molecule has 2 aromatic carbocycles. The molecule has 0 aliphatic carbocycles. The minimum Gasteiger partial charge on any atom is -0.321 e. The highest BCUT2D eigenvalue weighted by Gasteiger charge is 2.23. The maximum atomic E-state index is 12.1. The van der Waals surface area contributed by atoms with Gasteiger partial charge in [-0.3, -0.25) is 10.1 Å². The third-order valence-corrected chi connectivity index (χ3v) is 4.36. The van der Waals surface area contributed by atoms with Crippen LogP contribution in [0, 0.1) is 0 Å². The van der Waals surface area contributed by atoms with Crippen molar-refractivity contribution in [1.29, 1.82) is 0 Å². The van der Waals surface area contributed by atoms with Crippen molar-refractivity contribution in [3.05, 3.63) is 67.7 Å². The normalized spacial score (nSPS) is 17.2. The van der Waals surface area contributed by atoms with Crippen LogP contribution in [0.4, 0.5) is 5.69 Å². The van der Waals surface area contributed by atoms with Crippen LogP contribution in [0.5, 0.6) is 0 Å². The first-order valence-electron chi connectivity index (χ1n) is 6.72. The van der Waals surface area contributed by atoms with Crippen LogP contribution >= 0.6 is 46.4 Å². The number of guanidine groups is 1. The fourth-order valence-electron chi connectivity index (χ4n) is 2.03. The second-order valence-electron chi connectivity index (χ2n) is 4.83. The van der Waals surface area contributed by atoms with Crippen LogP contribution in [-0.2, 0) is 4.79 Å². The van der Waals surface area contributed by atoms with E-state index in [-0.39, 0.29) is 17.6 Å². The average molecular weight is 401 g/mol. The van der Waals surface area contributed by atoms with Gasteiger partial charge in [0.1, 0.15) is 5.70 Å². The summed E-state index contributed by atoms with van der Waals surface area (Å²) in [5.41, 5.74) is 1.29. The fraction of sp³-hybridized carbons (Fsp3) is 0. The molecule has 2 N–H and O–H groups in total. The minimum absolute atomic E-state index is 0.249. The van der Waals surface area contributed by atoms with Crippen LogP contribution in [0.25, 0.3) is 6.08 Å². The Morgan fingerprint density at radius 3 is 2.29 bits per heavy atom. The maximum absolute atomic E-state index is 12.1. The van der Waals surface area contributed by atoms with E-state index in [4.69, 9.17) is 46.4 Å². The third-order valence-electron chi connectivity index (χ3n) is 3.16. The molecule has 4 nitrogen and oxygen atoms in total. The zero-order valence-electron chi connectivity index (χ0n) is 11.9. The van der Waals surface area contributed by atoms with Gasteiger partial charge >= 0.3 is 0 Å². The lowest BCUT2D eigenvalue weighted by atomic mass is 10.2. The SMILES string of the molecule is O=C1NC(=Nc2ccc(Cl)cc2Cl)N/C1=C\c1c(Cl)cccc1Cl. The van der Waals surface area contributed by atoms with E-state index < -0.39 is 0 Å². The van der Waals surface area contributed by atoms with Crippen molar-refractivity contribution in [2.45, 2.75) is 0 Å². The summed E-state index contributed by atoms with van der Waals surface area (Å²) in [6, 6.07) is 9.98. The molecule has 0 unspecified atom stereocenters. The Hall–Kier alpha value is -1.72. The molecule has 1 aliphatic rings. The molecular weight excluding hydrogens is 392 g/mol. The van der Waals surface area contributed by atoms with E-state index >= 15 is 0 Å². The molecule has 0 saturated carbocycles. The number of halogens is 4. The summed E-state index contributed by atoms with van der Waals surface area (Å²) < 4.78 is 0. The zero-order valence-corrected chi connectivity index (χ0v) is 14.9. The van der Waals surface area contributed by atoms with Gasteiger partial charge in [0.15, 0.2) is 0 Å². The summed E-state index contributed by atoms with van der Waals surface area (Å²) in [5.74, 6) is -0.103. The van der Waals surface area contributed by atoms with Crippen LogP contribution in [0.2, 0.25) is 20.1 Å². The van der Waals surface area contributed by atoms with Crippen molar-refractivity contribution < 1.29 is 4.79 Å². The molecule has 3 rings (SSSR count). The molecule has 1 amide bonds. The Bertz CT molecular complexity index is 873. The first-order chi connectivity index (χ1) is 11.4. The largest absolute Gasteiger partial charge is 0.321 e. The van der Waals surface area contributed by atoms with E-state index in [2.05, 4.69) is 15.6 Å². The van der Waals surface area contributed by atoms with Gasteiger partial charge in [-0.15, -0.1) is 0 Å². The highest BCUT2D eigenvalue weighted by molar-refractivity contribution is 6.37. The van der Waals surface area contributed by atoms with Gasteiger partial charge in [0, 0.05) is 20.6 Å². The summed E-state index contributed by atoms with van der Waals surface area (Å²) in [7, 11) is 0. The topological polar surface area (TPSA) is 53.5 Å². The predicted molar refractivity (Wildman–Crippen MR) is 99.3 cm³/mol. The molecule has 1 fully saturated rings. The first-order valence-corrected chi connectivity index (χ1v) is 8.23. The van der Waals surface area contributed by atoms with Crippen LogP contribution in [0.15, 0.2) is 47.1 Å². The van der Waals surface area contributed by atoms with Crippen molar-refractivity contribution in [1.82, 2.24) is 10.6 Å². The summed E-state index contributed by atoms with van der Waals surface area (Å²) in [6.07, 6.45) is 1.56. The molecule has 1 heterocycles. The van der Waals surface area contributed by atoms with Crippen molar-refractivity contribution in [2.24, 2.45) is 4.99 Å². The van der Waals surface area contributed by atoms with Crippen molar-refractivity contribution in [3.63, 3.8) is 0 Å². The Balaban J connectivity index is 1.91. The highest BCUT2D eigenvalue weighted by atomic mass is 35.5. The molecule has 0 aromatic heterocycles. The molecule has 1 aliphatic heterocycles. The number of nitrogens with one attached hydrogen (secondary N) is 2. The molecule has 2 aromatic rings. The molecule has 0 spiro atoms. The summed E-state index contributed by atoms with van der Waals surface area (Å²) in [5, 5.41) is 7.24. The maximum Gasteiger partial charge on any atom is 0.274 e. The number of rotatable bonds is 2. The smallest absolute Gasteiger partial charge is 0.274 e. The van der Waals surface area contributed by atoms with E-state index in [1.807, 2.05) is 0 Å². The number of carbonyl (C=O) groups excluding carboxylic acids is 1. The Kier molecular flexibility index (Phi) is 5.01. The number of aliphatic imine (C=N–C) groups is 1. The van der Waals surface area contributed by atoms with E-state index in [9.17, 15) is 4.79 Å². The number of hydrogen-bond acceptors (Lipinski definition) is 2. The standard InChI is InChI=1S/C16H9Cl4N3O/c17-8-4-5-13(12(20)6-8)21-16-22-14(15(24)23-16)7-9-10(18)2-1-3-11(9)19/h1-7H,(H2,21,22,23,24)/b14-7-. The number of nitrogens with zero attached hydrogens (tertiary/aromatic N) is 1. The molecule has 122 valence electrons. The van der Waals surface area contributed by atoms with Gasteiger partial charge in [-0.25, -0.2) is 4.99 Å². The van der Waals surface area contributed by atoms with Gasteiger partial charge in [0.05, 0.1) is 10.7 Å². The second kappa shape index (κ2) is 7.03. The lowest BCUT2D eigenvalue weighted by Crippen LogP contribution is -2.24. The molecule has 0 atom stereocenters. The van der Waals surface area contributed by atoms with Gasteiger partial charge in [-0.2, -0.15) is 0 Å². The van der Waals surface area contributed by atoms with E-state index in [0.717, 1.165) is 0 Å². The zero-order chi connectivity index (χ0) is 17.3. The number of amides is 1. The monoisotopic (exact) mass is 399 g/mol. The van der Waals surface area contributed by atoms with Crippen LogP contribution in [0.1, 0.15) is 5.56 Å². The Labute approximate surface area is 158 Å². The van der Waals surface area contributed by atoms with Crippen molar-refractivity contribution in [3.8, 4) is 0 Å². The quantitative estimate of drug-likeness (QED) is 0.693. The van der Waals surface area contributed by atoms with Gasteiger partial charge in [-0.05, 0) is 36.4 Å². The third kappa shape index (κ3) is 3.68. The van der Waals surface area contributed by atoms with E-state index in [1.165, 1.54) is 0 Å². The Morgan fingerprint density at radius 2 is 1.62 bits per heavy atom. The van der Waals surface area contributed by atoms with Crippen LogP contribution < -0.4 is 10.6 Å². The molecular formula is C16H9Cl4N3O. The fourth-order valence-corrected chi connectivity index (χ4v) is 2.99. The molecule has 1 saturated heterocycles. The van der Waals surface area contributed by atoms with E-state index in [0.29, 0.717) is 31.3 Å². The van der Waals surface area contributed by atoms with Gasteiger partial charge in [-0.1, -0.05) is 52.5 Å². The second-order valence-corrected chi connectivity index (χ2v) is 6.49. The highest BCUT2D eigenvalue weighted by Crippen LogP contribution is 2.29. The van der Waals surface area contributed by atoms with Gasteiger partial charge in [0.2, 0.25) is 5.96 Å². The molecule has 0 bridgehead atoms. The summed E-state index contributed by atoms with van der Waals surface area (Å²) >= 11 is 24.1. The first kappa shape index (κ1) is 17.1.